The van der Waals surface area contributed by atoms with Crippen LogP contribution in [0.3, 0.4) is 0 Å². The van der Waals surface area contributed by atoms with Crippen molar-refractivity contribution in [3.63, 3.8) is 0 Å². The summed E-state index contributed by atoms with van der Waals surface area (Å²) in [6, 6.07) is 9.41. The molecule has 0 radical (unpaired) electrons. The zero-order valence-corrected chi connectivity index (χ0v) is 21.9. The molecule has 0 saturated carbocycles. The number of benzene rings is 1. The summed E-state index contributed by atoms with van der Waals surface area (Å²) in [6.07, 6.45) is 4.43. The maximum absolute atomic E-state index is 12.6. The largest absolute Gasteiger partial charge is 0.416 e. The van der Waals surface area contributed by atoms with Gasteiger partial charge in [-0.1, -0.05) is 38.6 Å². The first kappa shape index (κ1) is 23.7. The Labute approximate surface area is 199 Å². The van der Waals surface area contributed by atoms with E-state index in [0.29, 0.717) is 24.0 Å². The topological polar surface area (TPSA) is 85.7 Å². The lowest BCUT2D eigenvalue weighted by atomic mass is 10.2. The Bertz CT molecular complexity index is 1360. The van der Waals surface area contributed by atoms with Crippen LogP contribution in [0.5, 0.6) is 0 Å². The van der Waals surface area contributed by atoms with E-state index in [2.05, 4.69) is 54.9 Å². The summed E-state index contributed by atoms with van der Waals surface area (Å²) in [5.41, 5.74) is 3.45. The van der Waals surface area contributed by atoms with Gasteiger partial charge in [-0.2, -0.15) is 0 Å². The molecule has 0 aliphatic carbocycles. The minimum atomic E-state index is -1.77. The highest BCUT2D eigenvalue weighted by atomic mass is 32.2. The summed E-state index contributed by atoms with van der Waals surface area (Å²) in [5.74, 6) is 0.917. The molecule has 0 aliphatic rings. The molecule has 1 N–H and O–H groups in total. The van der Waals surface area contributed by atoms with E-state index in [4.69, 9.17) is 9.41 Å². The Hall–Kier alpha value is -2.49. The average Bonchev–Trinajstić information content (AvgIpc) is 3.16. The van der Waals surface area contributed by atoms with E-state index in [-0.39, 0.29) is 10.6 Å². The SMILES string of the molecule is CSc1ncc2ccc(=O)n(Cc3ccc4nc(CCO[Si](C)(C)C(C)(C)C)[nH]c4c3)c2n1. The number of hydrogen-bond donors (Lipinski definition) is 1. The number of aromatic nitrogens is 5. The fourth-order valence-corrected chi connectivity index (χ4v) is 4.82. The molecule has 3 heterocycles. The highest BCUT2D eigenvalue weighted by molar-refractivity contribution is 7.98. The minimum absolute atomic E-state index is 0.0820. The van der Waals surface area contributed by atoms with Gasteiger partial charge in [-0.25, -0.2) is 15.0 Å². The molecule has 4 rings (SSSR count). The van der Waals surface area contributed by atoms with Gasteiger partial charge in [0.15, 0.2) is 13.5 Å². The van der Waals surface area contributed by atoms with Crippen LogP contribution in [0, 0.1) is 0 Å². The summed E-state index contributed by atoms with van der Waals surface area (Å²) < 4.78 is 7.99. The van der Waals surface area contributed by atoms with Gasteiger partial charge >= 0.3 is 0 Å². The van der Waals surface area contributed by atoms with E-state index in [9.17, 15) is 4.79 Å². The number of hydrogen-bond acceptors (Lipinski definition) is 6. The standard InChI is InChI=1S/C24H31N5O2SSi/c1-24(2,3)33(5,6)31-12-11-20-26-18-9-7-16(13-19(18)27-20)15-29-21(30)10-8-17-14-25-23(32-4)28-22(17)29/h7-10,13-14H,11-12,15H2,1-6H3,(H,26,27). The Morgan fingerprint density at radius 2 is 1.94 bits per heavy atom. The van der Waals surface area contributed by atoms with Gasteiger partial charge in [-0.05, 0) is 48.2 Å². The van der Waals surface area contributed by atoms with Gasteiger partial charge in [0.05, 0.1) is 17.6 Å². The Morgan fingerprint density at radius 3 is 2.67 bits per heavy atom. The summed E-state index contributed by atoms with van der Waals surface area (Å²) in [7, 11) is -1.77. The summed E-state index contributed by atoms with van der Waals surface area (Å²) in [4.78, 5) is 29.7. The van der Waals surface area contributed by atoms with Crippen molar-refractivity contribution >= 4 is 42.1 Å². The molecular formula is C24H31N5O2SSi. The van der Waals surface area contributed by atoms with Gasteiger partial charge < -0.3 is 9.41 Å². The molecule has 0 aliphatic heterocycles. The summed E-state index contributed by atoms with van der Waals surface area (Å²) >= 11 is 1.46. The van der Waals surface area contributed by atoms with Crippen LogP contribution < -0.4 is 5.56 Å². The molecule has 33 heavy (non-hydrogen) atoms. The van der Waals surface area contributed by atoms with E-state index in [1.165, 1.54) is 11.8 Å². The number of fused-ring (bicyclic) bond motifs is 2. The van der Waals surface area contributed by atoms with Crippen molar-refractivity contribution < 1.29 is 4.43 Å². The lowest BCUT2D eigenvalue weighted by Crippen LogP contribution is -2.41. The maximum Gasteiger partial charge on any atom is 0.252 e. The van der Waals surface area contributed by atoms with Gasteiger partial charge in [0.25, 0.3) is 5.56 Å². The highest BCUT2D eigenvalue weighted by Gasteiger charge is 2.36. The van der Waals surface area contributed by atoms with Crippen molar-refractivity contribution in [3.8, 4) is 0 Å². The fraction of sp³-hybridized carbons (Fsp3) is 0.417. The molecule has 0 unspecified atom stereocenters. The molecular weight excluding hydrogens is 450 g/mol. The van der Waals surface area contributed by atoms with Gasteiger partial charge in [0.2, 0.25) is 0 Å². The number of nitrogens with one attached hydrogen (secondary N) is 1. The van der Waals surface area contributed by atoms with Crippen LogP contribution in [0.4, 0.5) is 0 Å². The fourth-order valence-electron chi connectivity index (χ4n) is 3.44. The summed E-state index contributed by atoms with van der Waals surface area (Å²) in [5, 5.41) is 1.69. The van der Waals surface area contributed by atoms with Crippen molar-refractivity contribution in [1.82, 2.24) is 24.5 Å². The number of imidazole rings is 1. The van der Waals surface area contributed by atoms with Crippen molar-refractivity contribution in [3.05, 3.63) is 58.3 Å². The smallest absolute Gasteiger partial charge is 0.252 e. The van der Waals surface area contributed by atoms with E-state index in [1.807, 2.05) is 18.4 Å². The third-order valence-electron chi connectivity index (χ3n) is 6.43. The molecule has 0 bridgehead atoms. The van der Waals surface area contributed by atoms with Crippen molar-refractivity contribution in [1.29, 1.82) is 0 Å². The molecule has 4 aromatic rings. The quantitative estimate of drug-likeness (QED) is 0.227. The van der Waals surface area contributed by atoms with Gasteiger partial charge in [0.1, 0.15) is 11.5 Å². The first-order chi connectivity index (χ1) is 15.6. The Morgan fingerprint density at radius 1 is 1.15 bits per heavy atom. The molecule has 0 fully saturated rings. The Balaban J connectivity index is 1.55. The predicted molar refractivity (Wildman–Crippen MR) is 138 cm³/mol. The molecule has 0 atom stereocenters. The van der Waals surface area contributed by atoms with Crippen LogP contribution in [0.25, 0.3) is 22.1 Å². The zero-order valence-electron chi connectivity index (χ0n) is 20.1. The van der Waals surface area contributed by atoms with E-state index in [0.717, 1.165) is 34.2 Å². The van der Waals surface area contributed by atoms with Crippen molar-refractivity contribution in [2.45, 2.75) is 57.0 Å². The van der Waals surface area contributed by atoms with E-state index < -0.39 is 8.32 Å². The Kier molecular flexibility index (Phi) is 6.48. The predicted octanol–water partition coefficient (Wildman–Crippen LogP) is 5.00. The molecule has 0 saturated heterocycles. The summed E-state index contributed by atoms with van der Waals surface area (Å²) in [6.45, 7) is 12.4. The molecule has 7 nitrogen and oxygen atoms in total. The van der Waals surface area contributed by atoms with Crippen LogP contribution in [0.15, 0.2) is 46.5 Å². The third kappa shape index (κ3) is 5.05. The number of pyridine rings is 1. The second kappa shape index (κ2) is 9.04. The van der Waals surface area contributed by atoms with Crippen LogP contribution >= 0.6 is 11.8 Å². The van der Waals surface area contributed by atoms with E-state index >= 15 is 0 Å². The molecule has 174 valence electrons. The minimum Gasteiger partial charge on any atom is -0.416 e. The number of rotatable bonds is 7. The monoisotopic (exact) mass is 481 g/mol. The molecule has 3 aromatic heterocycles. The van der Waals surface area contributed by atoms with Crippen LogP contribution in [0.1, 0.15) is 32.2 Å². The zero-order chi connectivity index (χ0) is 23.8. The first-order valence-electron chi connectivity index (χ1n) is 11.1. The van der Waals surface area contributed by atoms with Crippen LogP contribution in [0.2, 0.25) is 18.1 Å². The van der Waals surface area contributed by atoms with Crippen molar-refractivity contribution in [2.24, 2.45) is 0 Å². The van der Waals surface area contributed by atoms with Crippen molar-refractivity contribution in [2.75, 3.05) is 12.9 Å². The van der Waals surface area contributed by atoms with Crippen LogP contribution in [-0.4, -0.2) is 45.7 Å². The molecule has 0 amide bonds. The number of aromatic amines is 1. The molecule has 0 spiro atoms. The lowest BCUT2D eigenvalue weighted by Gasteiger charge is -2.36. The highest BCUT2D eigenvalue weighted by Crippen LogP contribution is 2.36. The van der Waals surface area contributed by atoms with Gasteiger partial charge in [-0.15, -0.1) is 0 Å². The second-order valence-electron chi connectivity index (χ2n) is 9.79. The normalized spacial score (nSPS) is 12.7. The third-order valence-corrected chi connectivity index (χ3v) is 11.5. The van der Waals surface area contributed by atoms with Gasteiger partial charge in [0, 0.05) is 30.7 Å². The molecule has 9 heteroatoms. The number of thioether (sulfide) groups is 1. The number of nitrogens with zero attached hydrogens (tertiary/aromatic N) is 4. The number of H-pyrrole nitrogens is 1. The lowest BCUT2D eigenvalue weighted by molar-refractivity contribution is 0.290. The second-order valence-corrected chi connectivity index (χ2v) is 15.4. The van der Waals surface area contributed by atoms with Gasteiger partial charge in [-0.3, -0.25) is 9.36 Å². The average molecular weight is 482 g/mol. The molecule has 1 aromatic carbocycles. The van der Waals surface area contributed by atoms with Crippen LogP contribution in [-0.2, 0) is 17.4 Å². The first-order valence-corrected chi connectivity index (χ1v) is 15.2. The maximum atomic E-state index is 12.6. The van der Waals surface area contributed by atoms with E-state index in [1.54, 1.807) is 22.9 Å².